The van der Waals surface area contributed by atoms with Gasteiger partial charge in [0.15, 0.2) is 0 Å². The van der Waals surface area contributed by atoms with Gasteiger partial charge in [-0.25, -0.2) is 0 Å². The number of benzene rings is 1. The lowest BCUT2D eigenvalue weighted by molar-refractivity contribution is 0.0739. The van der Waals surface area contributed by atoms with E-state index in [-0.39, 0.29) is 11.8 Å². The molecule has 1 aromatic carbocycles. The van der Waals surface area contributed by atoms with Crippen LogP contribution in [0.4, 0.5) is 0 Å². The van der Waals surface area contributed by atoms with Crippen molar-refractivity contribution < 1.29 is 9.59 Å². The molecule has 6 heteroatoms. The number of halogens is 1. The molecule has 2 aromatic rings. The van der Waals surface area contributed by atoms with E-state index in [2.05, 4.69) is 0 Å². The Bertz CT molecular complexity index is 763. The summed E-state index contributed by atoms with van der Waals surface area (Å²) in [4.78, 5) is 28.9. The van der Waals surface area contributed by atoms with Crippen molar-refractivity contribution >= 4 is 34.8 Å². The highest BCUT2D eigenvalue weighted by Crippen LogP contribution is 2.33. The van der Waals surface area contributed by atoms with Gasteiger partial charge in [0.25, 0.3) is 11.8 Å². The number of thiophene rings is 1. The molecule has 2 aliphatic heterocycles. The number of fused-ring (bicyclic) bond motifs is 1. The molecule has 2 fully saturated rings. The van der Waals surface area contributed by atoms with E-state index in [0.29, 0.717) is 35.5 Å². The van der Waals surface area contributed by atoms with Gasteiger partial charge in [-0.15, -0.1) is 0 Å². The molecular weight excluding hydrogens is 344 g/mol. The summed E-state index contributed by atoms with van der Waals surface area (Å²) in [5.41, 5.74) is 1.40. The maximum Gasteiger partial charge on any atom is 0.254 e. The molecule has 0 bridgehead atoms. The van der Waals surface area contributed by atoms with Gasteiger partial charge in [-0.3, -0.25) is 9.59 Å². The number of likely N-dealkylation sites (tertiary alicyclic amines) is 2. The number of hydrogen-bond acceptors (Lipinski definition) is 3. The second-order valence-electron chi connectivity index (χ2n) is 6.46. The average Bonchev–Trinajstić information content (AvgIpc) is 3.29. The van der Waals surface area contributed by atoms with Crippen molar-refractivity contribution in [1.82, 2.24) is 9.80 Å². The van der Waals surface area contributed by atoms with Crippen LogP contribution in [0, 0.1) is 11.8 Å². The SMILES string of the molecule is O=C(c1ccsc1)N1CC2CN(C(=O)c3cccc(Cl)c3)CC2C1. The predicted molar refractivity (Wildman–Crippen MR) is 94.6 cm³/mol. The molecule has 2 saturated heterocycles. The number of amides is 2. The monoisotopic (exact) mass is 360 g/mol. The number of nitrogens with zero attached hydrogens (tertiary/aromatic N) is 2. The van der Waals surface area contributed by atoms with E-state index in [0.717, 1.165) is 18.7 Å². The zero-order valence-corrected chi connectivity index (χ0v) is 14.6. The number of rotatable bonds is 2. The molecule has 4 nitrogen and oxygen atoms in total. The zero-order valence-electron chi connectivity index (χ0n) is 13.0. The third-order valence-corrected chi connectivity index (χ3v) is 5.82. The molecule has 24 heavy (non-hydrogen) atoms. The third kappa shape index (κ3) is 2.82. The van der Waals surface area contributed by atoms with Gasteiger partial charge in [-0.1, -0.05) is 17.7 Å². The van der Waals surface area contributed by atoms with Crippen LogP contribution in [0.1, 0.15) is 20.7 Å². The van der Waals surface area contributed by atoms with Crippen LogP contribution in [0.5, 0.6) is 0 Å². The highest BCUT2D eigenvalue weighted by molar-refractivity contribution is 7.08. The highest BCUT2D eigenvalue weighted by Gasteiger charge is 2.43. The molecule has 0 aliphatic carbocycles. The second kappa shape index (κ2) is 6.22. The zero-order chi connectivity index (χ0) is 16.7. The Balaban J connectivity index is 1.41. The minimum absolute atomic E-state index is 0.0302. The molecule has 4 rings (SSSR count). The minimum atomic E-state index is 0.0302. The van der Waals surface area contributed by atoms with Crippen LogP contribution in [-0.2, 0) is 0 Å². The Hall–Kier alpha value is -1.85. The molecule has 0 radical (unpaired) electrons. The summed E-state index contributed by atoms with van der Waals surface area (Å²) in [6.07, 6.45) is 0. The molecule has 3 heterocycles. The Labute approximate surface area is 149 Å². The molecule has 2 unspecified atom stereocenters. The maximum absolute atomic E-state index is 12.6. The third-order valence-electron chi connectivity index (χ3n) is 4.90. The highest BCUT2D eigenvalue weighted by atomic mass is 35.5. The van der Waals surface area contributed by atoms with Crippen LogP contribution < -0.4 is 0 Å². The van der Waals surface area contributed by atoms with Crippen LogP contribution in [-0.4, -0.2) is 47.8 Å². The lowest BCUT2D eigenvalue weighted by Crippen LogP contribution is -2.35. The first-order chi connectivity index (χ1) is 11.6. The quantitative estimate of drug-likeness (QED) is 0.824. The summed E-state index contributed by atoms with van der Waals surface area (Å²) in [6.45, 7) is 2.89. The van der Waals surface area contributed by atoms with E-state index in [1.165, 1.54) is 11.3 Å². The molecule has 2 aliphatic rings. The van der Waals surface area contributed by atoms with Crippen LogP contribution in [0.3, 0.4) is 0 Å². The van der Waals surface area contributed by atoms with E-state index in [1.54, 1.807) is 24.3 Å². The summed E-state index contributed by atoms with van der Waals surface area (Å²) in [5, 5.41) is 4.40. The van der Waals surface area contributed by atoms with E-state index >= 15 is 0 Å². The fourth-order valence-electron chi connectivity index (χ4n) is 3.70. The standard InChI is InChI=1S/C18H17ClN2O2S/c19-16-3-1-2-12(6-16)17(22)20-7-14-9-21(10-15(14)8-20)18(23)13-4-5-24-11-13/h1-6,11,14-15H,7-10H2. The van der Waals surface area contributed by atoms with Gasteiger partial charge >= 0.3 is 0 Å². The molecular formula is C18H17ClN2O2S. The number of carbonyl (C=O) groups excluding carboxylic acids is 2. The van der Waals surface area contributed by atoms with Crippen LogP contribution in [0.25, 0.3) is 0 Å². The van der Waals surface area contributed by atoms with Crippen molar-refractivity contribution in [2.24, 2.45) is 11.8 Å². The van der Waals surface area contributed by atoms with Crippen molar-refractivity contribution in [3.63, 3.8) is 0 Å². The van der Waals surface area contributed by atoms with Crippen molar-refractivity contribution in [2.75, 3.05) is 26.2 Å². The van der Waals surface area contributed by atoms with Crippen LogP contribution >= 0.6 is 22.9 Å². The van der Waals surface area contributed by atoms with Crippen LogP contribution in [0.15, 0.2) is 41.1 Å². The predicted octanol–water partition coefficient (Wildman–Crippen LogP) is 3.25. The van der Waals surface area contributed by atoms with E-state index in [1.807, 2.05) is 26.6 Å². The lowest BCUT2D eigenvalue weighted by Gasteiger charge is -2.21. The largest absolute Gasteiger partial charge is 0.338 e. The molecule has 0 saturated carbocycles. The molecule has 1 aromatic heterocycles. The van der Waals surface area contributed by atoms with E-state index in [4.69, 9.17) is 11.6 Å². The first-order valence-corrected chi connectivity index (χ1v) is 9.30. The van der Waals surface area contributed by atoms with Gasteiger partial charge in [-0.05, 0) is 29.6 Å². The van der Waals surface area contributed by atoms with Gasteiger partial charge in [-0.2, -0.15) is 11.3 Å². The Kier molecular flexibility index (Phi) is 4.06. The van der Waals surface area contributed by atoms with Gasteiger partial charge in [0.2, 0.25) is 0 Å². The average molecular weight is 361 g/mol. The molecule has 2 amide bonds. The Morgan fingerprint density at radius 3 is 2.12 bits per heavy atom. The topological polar surface area (TPSA) is 40.6 Å². The van der Waals surface area contributed by atoms with Crippen molar-refractivity contribution in [3.05, 3.63) is 57.2 Å². The maximum atomic E-state index is 12.6. The number of hydrogen-bond donors (Lipinski definition) is 0. The fraction of sp³-hybridized carbons (Fsp3) is 0.333. The number of carbonyl (C=O) groups is 2. The minimum Gasteiger partial charge on any atom is -0.338 e. The second-order valence-corrected chi connectivity index (χ2v) is 7.68. The summed E-state index contributed by atoms with van der Waals surface area (Å²) in [5.74, 6) is 0.882. The molecule has 2 atom stereocenters. The molecule has 124 valence electrons. The Morgan fingerprint density at radius 2 is 1.58 bits per heavy atom. The van der Waals surface area contributed by atoms with Gasteiger partial charge in [0, 0.05) is 54.0 Å². The molecule has 0 N–H and O–H groups in total. The van der Waals surface area contributed by atoms with Crippen LogP contribution in [0.2, 0.25) is 5.02 Å². The lowest BCUT2D eigenvalue weighted by atomic mass is 10.0. The van der Waals surface area contributed by atoms with Crippen molar-refractivity contribution in [2.45, 2.75) is 0 Å². The van der Waals surface area contributed by atoms with Crippen molar-refractivity contribution in [3.8, 4) is 0 Å². The van der Waals surface area contributed by atoms with E-state index < -0.39 is 0 Å². The van der Waals surface area contributed by atoms with E-state index in [9.17, 15) is 9.59 Å². The summed E-state index contributed by atoms with van der Waals surface area (Å²) in [6, 6.07) is 8.95. The summed E-state index contributed by atoms with van der Waals surface area (Å²) in [7, 11) is 0. The smallest absolute Gasteiger partial charge is 0.254 e. The normalized spacial score (nSPS) is 22.7. The van der Waals surface area contributed by atoms with Gasteiger partial charge < -0.3 is 9.80 Å². The summed E-state index contributed by atoms with van der Waals surface area (Å²) >= 11 is 7.52. The molecule has 0 spiro atoms. The first-order valence-electron chi connectivity index (χ1n) is 7.98. The Morgan fingerprint density at radius 1 is 0.958 bits per heavy atom. The first kappa shape index (κ1) is 15.7. The van der Waals surface area contributed by atoms with Crippen molar-refractivity contribution in [1.29, 1.82) is 0 Å². The van der Waals surface area contributed by atoms with Gasteiger partial charge in [0.1, 0.15) is 0 Å². The summed E-state index contributed by atoms with van der Waals surface area (Å²) < 4.78 is 0. The van der Waals surface area contributed by atoms with Gasteiger partial charge in [0.05, 0.1) is 5.56 Å². The fourth-order valence-corrected chi connectivity index (χ4v) is 4.52.